The molecule has 0 fully saturated rings. The molecule has 0 atom stereocenters. The average Bonchev–Trinajstić information content (AvgIpc) is 2.20. The zero-order chi connectivity index (χ0) is 11.1. The third-order valence-electron chi connectivity index (χ3n) is 1.88. The first-order valence-corrected chi connectivity index (χ1v) is 7.34. The first-order chi connectivity index (χ1) is 7.24. The van der Waals surface area contributed by atoms with Crippen molar-refractivity contribution < 1.29 is 0 Å². The summed E-state index contributed by atoms with van der Waals surface area (Å²) >= 11 is 11.2. The van der Waals surface area contributed by atoms with Gasteiger partial charge in [-0.3, -0.25) is 0 Å². The van der Waals surface area contributed by atoms with Gasteiger partial charge in [0.05, 0.1) is 5.02 Å². The molecule has 0 amide bonds. The van der Waals surface area contributed by atoms with Crippen molar-refractivity contribution in [1.82, 2.24) is 4.98 Å². The molecule has 0 radical (unpaired) electrons. The Labute approximate surface area is 108 Å². The van der Waals surface area contributed by atoms with Gasteiger partial charge in [0.25, 0.3) is 0 Å². The Morgan fingerprint density at radius 2 is 2.33 bits per heavy atom. The molecule has 0 spiro atoms. The summed E-state index contributed by atoms with van der Waals surface area (Å²) in [5, 5.41) is 3.89. The fourth-order valence-corrected chi connectivity index (χ4v) is 2.31. The molecule has 1 heterocycles. The van der Waals surface area contributed by atoms with Crippen molar-refractivity contribution in [2.24, 2.45) is 0 Å². The molecule has 15 heavy (non-hydrogen) atoms. The first kappa shape index (κ1) is 13.1. The first-order valence-electron chi connectivity index (χ1n) is 4.78. The molecule has 0 aliphatic carbocycles. The van der Waals surface area contributed by atoms with Crippen LogP contribution < -0.4 is 5.32 Å². The number of pyridine rings is 1. The van der Waals surface area contributed by atoms with Gasteiger partial charge in [-0.25, -0.2) is 4.98 Å². The van der Waals surface area contributed by atoms with E-state index >= 15 is 0 Å². The highest BCUT2D eigenvalue weighted by Crippen LogP contribution is 2.22. The van der Waals surface area contributed by atoms with Gasteiger partial charge >= 0.3 is 0 Å². The highest BCUT2D eigenvalue weighted by Gasteiger charge is 2.01. The van der Waals surface area contributed by atoms with Crippen LogP contribution in [0.1, 0.15) is 12.8 Å². The molecule has 1 N–H and O–H groups in total. The fourth-order valence-electron chi connectivity index (χ4n) is 1.12. The van der Waals surface area contributed by atoms with Crippen LogP contribution >= 0.6 is 39.3 Å². The van der Waals surface area contributed by atoms with Crippen LogP contribution in [0.4, 0.5) is 5.82 Å². The van der Waals surface area contributed by atoms with Crippen molar-refractivity contribution in [3.63, 3.8) is 0 Å². The Morgan fingerprint density at radius 3 is 3.00 bits per heavy atom. The van der Waals surface area contributed by atoms with E-state index in [4.69, 9.17) is 11.6 Å². The maximum Gasteiger partial charge on any atom is 0.144 e. The molecule has 0 saturated carbocycles. The molecule has 0 aliphatic rings. The molecule has 1 aromatic rings. The third kappa shape index (κ3) is 5.09. The van der Waals surface area contributed by atoms with Crippen molar-refractivity contribution in [1.29, 1.82) is 0 Å². The zero-order valence-electron chi connectivity index (χ0n) is 8.59. The molecule has 0 aromatic carbocycles. The highest BCUT2D eigenvalue weighted by molar-refractivity contribution is 9.10. The van der Waals surface area contributed by atoms with Gasteiger partial charge in [-0.2, -0.15) is 11.8 Å². The normalized spacial score (nSPS) is 10.3. The van der Waals surface area contributed by atoms with E-state index in [1.54, 1.807) is 6.20 Å². The van der Waals surface area contributed by atoms with Crippen LogP contribution in [-0.4, -0.2) is 23.5 Å². The van der Waals surface area contributed by atoms with Crippen molar-refractivity contribution in [3.05, 3.63) is 21.8 Å². The Hall–Kier alpha value is 0.0700. The van der Waals surface area contributed by atoms with Gasteiger partial charge in [-0.15, -0.1) is 0 Å². The van der Waals surface area contributed by atoms with Crippen LogP contribution in [0.25, 0.3) is 0 Å². The molecule has 2 nitrogen and oxygen atoms in total. The second-order valence-electron chi connectivity index (χ2n) is 3.11. The lowest BCUT2D eigenvalue weighted by molar-refractivity contribution is 0.840. The number of aromatic nitrogens is 1. The van der Waals surface area contributed by atoms with E-state index in [0.717, 1.165) is 23.3 Å². The van der Waals surface area contributed by atoms with Gasteiger partial charge in [0, 0.05) is 17.2 Å². The molecular weight excluding hydrogens is 296 g/mol. The van der Waals surface area contributed by atoms with Crippen LogP contribution in [0.15, 0.2) is 16.7 Å². The standard InChI is InChI=1S/C10H14BrClN2S/c1-15-5-3-2-4-13-10-9(12)6-8(11)7-14-10/h6-7H,2-5H2,1H3,(H,13,14). The van der Waals surface area contributed by atoms with Crippen molar-refractivity contribution in [2.45, 2.75) is 12.8 Å². The summed E-state index contributed by atoms with van der Waals surface area (Å²) in [5.74, 6) is 1.98. The molecule has 0 unspecified atom stereocenters. The van der Waals surface area contributed by atoms with Gasteiger partial charge < -0.3 is 5.32 Å². The SMILES string of the molecule is CSCCCCNc1ncc(Br)cc1Cl. The van der Waals surface area contributed by atoms with E-state index in [-0.39, 0.29) is 0 Å². The van der Waals surface area contributed by atoms with E-state index in [2.05, 4.69) is 32.5 Å². The Morgan fingerprint density at radius 1 is 1.53 bits per heavy atom. The van der Waals surface area contributed by atoms with E-state index < -0.39 is 0 Å². The molecular formula is C10H14BrClN2S. The maximum atomic E-state index is 6.01. The largest absolute Gasteiger partial charge is 0.369 e. The fraction of sp³-hybridized carbons (Fsp3) is 0.500. The van der Waals surface area contributed by atoms with Gasteiger partial charge in [0.1, 0.15) is 5.82 Å². The number of nitrogens with one attached hydrogen (secondary N) is 1. The van der Waals surface area contributed by atoms with Crippen LogP contribution in [0.3, 0.4) is 0 Å². The average molecular weight is 310 g/mol. The third-order valence-corrected chi connectivity index (χ3v) is 3.29. The van der Waals surface area contributed by atoms with E-state index in [1.165, 1.54) is 12.2 Å². The second kappa shape index (κ2) is 7.36. The quantitative estimate of drug-likeness (QED) is 0.802. The summed E-state index contributed by atoms with van der Waals surface area (Å²) in [6.45, 7) is 0.926. The maximum absolute atomic E-state index is 6.01. The lowest BCUT2D eigenvalue weighted by atomic mass is 10.3. The molecule has 5 heteroatoms. The van der Waals surface area contributed by atoms with Crippen molar-refractivity contribution in [2.75, 3.05) is 23.9 Å². The monoisotopic (exact) mass is 308 g/mol. The number of unbranched alkanes of at least 4 members (excludes halogenated alkanes) is 1. The van der Waals surface area contributed by atoms with Crippen LogP contribution in [0.2, 0.25) is 5.02 Å². The van der Waals surface area contributed by atoms with Gasteiger partial charge in [-0.1, -0.05) is 11.6 Å². The van der Waals surface area contributed by atoms with Gasteiger partial charge in [0.15, 0.2) is 0 Å². The molecule has 84 valence electrons. The minimum absolute atomic E-state index is 0.661. The summed E-state index contributed by atoms with van der Waals surface area (Å²) in [7, 11) is 0. The lowest BCUT2D eigenvalue weighted by Crippen LogP contribution is -2.04. The summed E-state index contributed by atoms with van der Waals surface area (Å²) in [5.41, 5.74) is 0. The van der Waals surface area contributed by atoms with Gasteiger partial charge in [0.2, 0.25) is 0 Å². The van der Waals surface area contributed by atoms with E-state index in [1.807, 2.05) is 17.8 Å². The Bertz CT molecular complexity index is 309. The molecule has 0 aliphatic heterocycles. The second-order valence-corrected chi connectivity index (χ2v) is 5.42. The molecule has 0 bridgehead atoms. The highest BCUT2D eigenvalue weighted by atomic mass is 79.9. The number of thioether (sulfide) groups is 1. The van der Waals surface area contributed by atoms with Crippen LogP contribution in [-0.2, 0) is 0 Å². The van der Waals surface area contributed by atoms with Crippen LogP contribution in [0, 0.1) is 0 Å². The van der Waals surface area contributed by atoms with E-state index in [9.17, 15) is 0 Å². The minimum Gasteiger partial charge on any atom is -0.369 e. The van der Waals surface area contributed by atoms with Crippen LogP contribution in [0.5, 0.6) is 0 Å². The molecule has 1 rings (SSSR count). The topological polar surface area (TPSA) is 24.9 Å². The van der Waals surface area contributed by atoms with Crippen molar-refractivity contribution >= 4 is 45.1 Å². The number of hydrogen-bond donors (Lipinski definition) is 1. The number of anilines is 1. The molecule has 1 aromatic heterocycles. The molecule has 0 saturated heterocycles. The zero-order valence-corrected chi connectivity index (χ0v) is 11.8. The van der Waals surface area contributed by atoms with E-state index in [0.29, 0.717) is 5.02 Å². The van der Waals surface area contributed by atoms with Gasteiger partial charge in [-0.05, 0) is 46.8 Å². The summed E-state index contributed by atoms with van der Waals surface area (Å²) in [6.07, 6.45) is 6.24. The number of halogens is 2. The predicted octanol–water partition coefficient (Wildman–Crippen LogP) is 4.05. The minimum atomic E-state index is 0.661. The number of rotatable bonds is 6. The summed E-state index contributed by atoms with van der Waals surface area (Å²) in [6, 6.07) is 1.85. The lowest BCUT2D eigenvalue weighted by Gasteiger charge is -2.06. The Kier molecular flexibility index (Phi) is 6.45. The Balaban J connectivity index is 2.31. The predicted molar refractivity (Wildman–Crippen MR) is 73.1 cm³/mol. The number of hydrogen-bond acceptors (Lipinski definition) is 3. The smallest absolute Gasteiger partial charge is 0.144 e. The summed E-state index contributed by atoms with van der Waals surface area (Å²) in [4.78, 5) is 4.20. The number of nitrogens with zero attached hydrogens (tertiary/aromatic N) is 1. The summed E-state index contributed by atoms with van der Waals surface area (Å²) < 4.78 is 0.903. The van der Waals surface area contributed by atoms with Crippen molar-refractivity contribution in [3.8, 4) is 0 Å².